The van der Waals surface area contributed by atoms with E-state index < -0.39 is 0 Å². The smallest absolute Gasteiger partial charge is 2.00 e. The molecule has 120 valence electrons. The number of hydrogen-bond donors (Lipinski definition) is 0. The molecule has 0 atom stereocenters. The molecule has 0 bridgehead atoms. The average molecular weight is 382 g/mol. The summed E-state index contributed by atoms with van der Waals surface area (Å²) in [7, 11) is 0. The maximum atomic E-state index is 10.0. The van der Waals surface area contributed by atoms with E-state index in [1.165, 1.54) is 27.7 Å². The Morgan fingerprint density at radius 3 is 0.571 bits per heavy atom. The van der Waals surface area contributed by atoms with E-state index >= 15 is 0 Å². The van der Waals surface area contributed by atoms with Crippen molar-refractivity contribution in [2.45, 2.75) is 40.5 Å². The molecule has 0 N–H and O–H groups in total. The van der Waals surface area contributed by atoms with Gasteiger partial charge in [0.15, 0.2) is 0 Å². The third-order valence-electron chi connectivity index (χ3n) is 0.996. The molecule has 11 heteroatoms. The van der Waals surface area contributed by atoms with E-state index in [2.05, 4.69) is 0 Å². The predicted octanol–water partition coefficient (Wildman–Crippen LogP) is 0.510. The van der Waals surface area contributed by atoms with Crippen LogP contribution in [0.4, 0.5) is 0 Å². The van der Waals surface area contributed by atoms with Crippen molar-refractivity contribution >= 4 is 23.1 Å². The summed E-state index contributed by atoms with van der Waals surface area (Å²) >= 11 is 0. The van der Waals surface area contributed by atoms with Gasteiger partial charge in [-0.25, -0.2) is 0 Å². The van der Waals surface area contributed by atoms with E-state index in [0.717, 1.165) is 0 Å². The fourth-order valence-corrected chi connectivity index (χ4v) is 0.701. The molecule has 0 aromatic carbocycles. The monoisotopic (exact) mass is 382 g/mol. The van der Waals surface area contributed by atoms with Crippen LogP contribution in [-0.2, 0) is 83.7 Å². The first-order valence-electron chi connectivity index (χ1n) is 4.23. The van der Waals surface area contributed by atoms with E-state index in [9.17, 15) is 19.2 Å². The summed E-state index contributed by atoms with van der Waals surface area (Å²) < 4.78 is 0. The van der Waals surface area contributed by atoms with Gasteiger partial charge >= 0.3 is 37.1 Å². The van der Waals surface area contributed by atoms with Crippen molar-refractivity contribution in [2.24, 2.45) is 0 Å². The Morgan fingerprint density at radius 1 is 0.476 bits per heavy atom. The number of ketones is 4. The molecule has 0 rings (SSSR count). The minimum atomic E-state index is -0.0625. The second kappa shape index (κ2) is 36.7. The topological polar surface area (TPSA) is 211 Å². The summed E-state index contributed by atoms with van der Waals surface area (Å²) in [5, 5.41) is 0. The minimum absolute atomic E-state index is 0. The molecule has 0 radical (unpaired) electrons. The third-order valence-corrected chi connectivity index (χ3v) is 0.996. The maximum Gasteiger partial charge on any atom is 5.00 e. The molecule has 0 heterocycles. The number of carbonyl (C=O) groups excluding carboxylic acids is 4. The van der Waals surface area contributed by atoms with Crippen molar-refractivity contribution in [2.75, 3.05) is 0 Å². The first-order chi connectivity index (χ1) is 6.25. The zero-order valence-corrected chi connectivity index (χ0v) is 14.8. The molecule has 0 fully saturated rings. The van der Waals surface area contributed by atoms with Crippen LogP contribution in [0.25, 0.3) is 0 Å². The molecule has 0 saturated heterocycles. The Hall–Kier alpha value is -0.351. The number of Topliss-reactive ketones (excluding diaryl/α,β-unsaturated/α-hetero) is 4. The summed E-state index contributed by atoms with van der Waals surface area (Å²) in [6.45, 7) is 5.62. The molecule has 0 aliphatic heterocycles. The van der Waals surface area contributed by atoms with Crippen molar-refractivity contribution in [1.82, 2.24) is 0 Å². The van der Waals surface area contributed by atoms with Crippen LogP contribution < -0.4 is 0 Å². The van der Waals surface area contributed by atoms with Crippen molar-refractivity contribution in [1.29, 1.82) is 0 Å². The average Bonchev–Trinajstić information content (AvgIpc) is 1.79. The third kappa shape index (κ3) is 105. The molecular weight excluding hydrogens is 366 g/mol. The number of hydrogen-bond acceptors (Lipinski definition) is 4. The Balaban J connectivity index is -0.0000000147. The Kier molecular flexibility index (Phi) is 103. The van der Waals surface area contributed by atoms with Crippen LogP contribution in [-0.4, -0.2) is 23.1 Å². The molecule has 0 amide bonds. The fraction of sp³-hybridized carbons (Fsp3) is 0.600. The van der Waals surface area contributed by atoms with Crippen LogP contribution in [0.15, 0.2) is 0 Å². The molecule has 21 heavy (non-hydrogen) atoms. The second-order valence-electron chi connectivity index (χ2n) is 3.16. The summed E-state index contributed by atoms with van der Waals surface area (Å²) in [4.78, 5) is 40.1. The van der Waals surface area contributed by atoms with Gasteiger partial charge in [-0.3, -0.25) is 19.2 Å². The van der Waals surface area contributed by atoms with E-state index in [-0.39, 0.29) is 100 Å². The van der Waals surface area contributed by atoms with Crippen LogP contribution in [0.2, 0.25) is 0 Å². The van der Waals surface area contributed by atoms with Crippen molar-refractivity contribution in [3.8, 4) is 0 Å². The fourth-order valence-electron chi connectivity index (χ4n) is 0.701. The SMILES string of the molecule is CC(=O)CC(C)=O.CC(=O)CC(C)=O.[O-2].[O-2].[O-2].[O-2].[O-2].[V+5].[V+5]. The number of rotatable bonds is 4. The molecular formula is C10H16O9V2. The molecule has 0 aromatic rings. The van der Waals surface area contributed by atoms with Gasteiger partial charge in [-0.1, -0.05) is 0 Å². The van der Waals surface area contributed by atoms with Gasteiger partial charge in [0.25, 0.3) is 0 Å². The van der Waals surface area contributed by atoms with Crippen LogP contribution >= 0.6 is 0 Å². The Bertz CT molecular complexity index is 207. The van der Waals surface area contributed by atoms with Gasteiger partial charge in [0.2, 0.25) is 0 Å². The molecule has 0 aliphatic carbocycles. The molecule has 0 unspecified atom stereocenters. The van der Waals surface area contributed by atoms with Gasteiger partial charge in [0.1, 0.15) is 23.1 Å². The minimum Gasteiger partial charge on any atom is -2.00 e. The predicted molar refractivity (Wildman–Crippen MR) is 55.4 cm³/mol. The maximum absolute atomic E-state index is 10.0. The van der Waals surface area contributed by atoms with Gasteiger partial charge in [0.05, 0.1) is 12.8 Å². The van der Waals surface area contributed by atoms with Crippen molar-refractivity contribution in [3.05, 3.63) is 0 Å². The standard InChI is InChI=1S/2C5H8O2.5O.2V/c2*1-4(6)3-5(2)7;;;;;;;/h2*3H2,1-2H3;;;;;;;/q;;5*-2;2*+5. The van der Waals surface area contributed by atoms with Gasteiger partial charge < -0.3 is 27.4 Å². The van der Waals surface area contributed by atoms with Gasteiger partial charge in [-0.05, 0) is 27.7 Å². The molecule has 9 nitrogen and oxygen atoms in total. The molecule has 0 saturated carbocycles. The quantitative estimate of drug-likeness (QED) is 0.635. The first-order valence-corrected chi connectivity index (χ1v) is 4.23. The Morgan fingerprint density at radius 2 is 0.571 bits per heavy atom. The van der Waals surface area contributed by atoms with E-state index in [1.807, 2.05) is 0 Å². The number of carbonyl (C=O) groups is 4. The normalized spacial score (nSPS) is 5.52. The molecule has 0 aliphatic rings. The summed E-state index contributed by atoms with van der Waals surface area (Å²) in [6.07, 6.45) is 0.167. The molecule has 0 spiro atoms. The van der Waals surface area contributed by atoms with Crippen LogP contribution in [0.5, 0.6) is 0 Å². The van der Waals surface area contributed by atoms with Gasteiger partial charge in [-0.2, -0.15) is 0 Å². The summed E-state index contributed by atoms with van der Waals surface area (Å²) in [5.74, 6) is -0.250. The van der Waals surface area contributed by atoms with Crippen LogP contribution in [0, 0.1) is 0 Å². The van der Waals surface area contributed by atoms with Gasteiger partial charge in [0, 0.05) is 0 Å². The summed E-state index contributed by atoms with van der Waals surface area (Å²) in [5.41, 5.74) is 0. The second-order valence-corrected chi connectivity index (χ2v) is 3.16. The van der Waals surface area contributed by atoms with Crippen LogP contribution in [0.1, 0.15) is 40.5 Å². The van der Waals surface area contributed by atoms with E-state index in [4.69, 9.17) is 0 Å². The zero-order valence-electron chi connectivity index (χ0n) is 12.0. The molecule has 0 aromatic heterocycles. The zero-order chi connectivity index (χ0) is 11.7. The summed E-state index contributed by atoms with van der Waals surface area (Å²) in [6, 6.07) is 0. The van der Waals surface area contributed by atoms with E-state index in [0.29, 0.717) is 0 Å². The van der Waals surface area contributed by atoms with Crippen LogP contribution in [0.3, 0.4) is 0 Å². The van der Waals surface area contributed by atoms with Crippen molar-refractivity contribution < 1.29 is 83.7 Å². The van der Waals surface area contributed by atoms with Crippen molar-refractivity contribution in [3.63, 3.8) is 0 Å². The largest absolute Gasteiger partial charge is 5.00 e. The van der Waals surface area contributed by atoms with E-state index in [1.54, 1.807) is 0 Å². The first kappa shape index (κ1) is 58.7. The Labute approximate surface area is 147 Å². The van der Waals surface area contributed by atoms with Gasteiger partial charge in [-0.15, -0.1) is 0 Å².